The molecule has 0 fully saturated rings. The Hall–Kier alpha value is -2.92. The maximum Gasteiger partial charge on any atom is 0.291 e. The van der Waals surface area contributed by atoms with Gasteiger partial charge in [0.2, 0.25) is 0 Å². The minimum Gasteiger partial charge on any atom is -0.451 e. The third-order valence-corrected chi connectivity index (χ3v) is 3.35. The molecule has 0 atom stereocenters. The fourth-order valence-electron chi connectivity index (χ4n) is 2.31. The van der Waals surface area contributed by atoms with Crippen molar-refractivity contribution < 1.29 is 13.9 Å². The number of ether oxygens (including phenoxy) is 1. The molecule has 0 aliphatic carbocycles. The molecule has 5 nitrogen and oxygen atoms in total. The minimum atomic E-state index is -0.470. The summed E-state index contributed by atoms with van der Waals surface area (Å²) in [6, 6.07) is 15.3. The van der Waals surface area contributed by atoms with Gasteiger partial charge in [0.1, 0.15) is 5.58 Å². The van der Waals surface area contributed by atoms with Gasteiger partial charge in [0.15, 0.2) is 11.2 Å². The summed E-state index contributed by atoms with van der Waals surface area (Å²) in [5, 5.41) is 3.17. The smallest absolute Gasteiger partial charge is 0.291 e. The van der Waals surface area contributed by atoms with Crippen molar-refractivity contribution in [1.29, 1.82) is 0 Å². The number of amides is 1. The molecule has 1 N–H and O–H groups in total. The van der Waals surface area contributed by atoms with Gasteiger partial charge in [-0.1, -0.05) is 24.3 Å². The van der Waals surface area contributed by atoms with Crippen molar-refractivity contribution in [2.24, 2.45) is 0 Å². The average molecular weight is 309 g/mol. The highest BCUT2D eigenvalue weighted by atomic mass is 16.5. The van der Waals surface area contributed by atoms with Crippen LogP contribution in [0.3, 0.4) is 0 Å². The molecule has 3 aromatic rings. The van der Waals surface area contributed by atoms with Crippen LogP contribution in [0.25, 0.3) is 11.0 Å². The van der Waals surface area contributed by atoms with E-state index in [1.54, 1.807) is 43.5 Å². The lowest BCUT2D eigenvalue weighted by Gasteiger charge is -2.07. The van der Waals surface area contributed by atoms with Crippen molar-refractivity contribution in [2.45, 2.75) is 6.61 Å². The van der Waals surface area contributed by atoms with Gasteiger partial charge >= 0.3 is 0 Å². The Labute approximate surface area is 132 Å². The maximum atomic E-state index is 12.3. The van der Waals surface area contributed by atoms with Gasteiger partial charge in [0.25, 0.3) is 5.91 Å². The Morgan fingerprint density at radius 3 is 2.78 bits per heavy atom. The van der Waals surface area contributed by atoms with Gasteiger partial charge in [0.05, 0.1) is 12.0 Å². The third kappa shape index (κ3) is 3.30. The van der Waals surface area contributed by atoms with Gasteiger partial charge in [-0.2, -0.15) is 0 Å². The molecule has 0 radical (unpaired) electrons. The number of anilines is 1. The molecule has 2 aromatic carbocycles. The lowest BCUT2D eigenvalue weighted by atomic mass is 10.2. The van der Waals surface area contributed by atoms with Crippen LogP contribution >= 0.6 is 0 Å². The number of hydrogen-bond donors (Lipinski definition) is 1. The zero-order chi connectivity index (χ0) is 16.2. The Morgan fingerprint density at radius 1 is 1.13 bits per heavy atom. The SMILES string of the molecule is COCc1cccc(NC(=O)c2cc(=O)c3ccccc3o2)c1. The third-order valence-electron chi connectivity index (χ3n) is 3.35. The number of nitrogens with one attached hydrogen (secondary N) is 1. The molecular formula is C18H15NO4. The van der Waals surface area contributed by atoms with Crippen molar-refractivity contribution in [3.05, 3.63) is 76.1 Å². The molecule has 0 saturated carbocycles. The van der Waals surface area contributed by atoms with Crippen LogP contribution in [-0.2, 0) is 11.3 Å². The summed E-state index contributed by atoms with van der Waals surface area (Å²) in [6.07, 6.45) is 0. The number of carbonyl (C=O) groups is 1. The number of hydrogen-bond acceptors (Lipinski definition) is 4. The Morgan fingerprint density at radius 2 is 1.96 bits per heavy atom. The summed E-state index contributed by atoms with van der Waals surface area (Å²) in [5.74, 6) is -0.492. The van der Waals surface area contributed by atoms with Gasteiger partial charge in [-0.15, -0.1) is 0 Å². The predicted octanol–water partition coefficient (Wildman–Crippen LogP) is 3.19. The quantitative estimate of drug-likeness (QED) is 0.803. The van der Waals surface area contributed by atoms with E-state index >= 15 is 0 Å². The number of carbonyl (C=O) groups excluding carboxylic acids is 1. The standard InChI is InChI=1S/C18H15NO4/c1-22-11-12-5-4-6-13(9-12)19-18(21)17-10-15(20)14-7-2-3-8-16(14)23-17/h2-10H,11H2,1H3,(H,19,21). The maximum absolute atomic E-state index is 12.3. The molecule has 3 rings (SSSR count). The van der Waals surface area contributed by atoms with Gasteiger partial charge in [-0.25, -0.2) is 0 Å². The first-order chi connectivity index (χ1) is 11.2. The van der Waals surface area contributed by atoms with E-state index in [1.165, 1.54) is 6.07 Å². The van der Waals surface area contributed by atoms with Crippen molar-refractivity contribution in [1.82, 2.24) is 0 Å². The highest BCUT2D eigenvalue weighted by Gasteiger charge is 2.12. The summed E-state index contributed by atoms with van der Waals surface area (Å²) < 4.78 is 10.6. The molecule has 1 heterocycles. The summed E-state index contributed by atoms with van der Waals surface area (Å²) >= 11 is 0. The van der Waals surface area contributed by atoms with E-state index in [1.807, 2.05) is 12.1 Å². The second-order valence-corrected chi connectivity index (χ2v) is 5.06. The topological polar surface area (TPSA) is 68.5 Å². The molecule has 1 aromatic heterocycles. The fraction of sp³-hybridized carbons (Fsp3) is 0.111. The largest absolute Gasteiger partial charge is 0.451 e. The average Bonchev–Trinajstić information content (AvgIpc) is 2.55. The lowest BCUT2D eigenvalue weighted by Crippen LogP contribution is -2.15. The van der Waals surface area contributed by atoms with Crippen molar-refractivity contribution in [2.75, 3.05) is 12.4 Å². The van der Waals surface area contributed by atoms with Crippen LogP contribution in [0.4, 0.5) is 5.69 Å². The number of para-hydroxylation sites is 1. The fourth-order valence-corrected chi connectivity index (χ4v) is 2.31. The van der Waals surface area contributed by atoms with E-state index in [9.17, 15) is 9.59 Å². The van der Waals surface area contributed by atoms with E-state index in [2.05, 4.69) is 5.32 Å². The summed E-state index contributed by atoms with van der Waals surface area (Å²) in [4.78, 5) is 24.3. The molecule has 116 valence electrons. The molecule has 1 amide bonds. The lowest BCUT2D eigenvalue weighted by molar-refractivity contribution is 0.0997. The van der Waals surface area contributed by atoms with Gasteiger partial charge in [-0.05, 0) is 29.8 Å². The van der Waals surface area contributed by atoms with Crippen LogP contribution in [-0.4, -0.2) is 13.0 Å². The van der Waals surface area contributed by atoms with Crippen LogP contribution in [0.2, 0.25) is 0 Å². The summed E-state index contributed by atoms with van der Waals surface area (Å²) in [5.41, 5.74) is 1.69. The van der Waals surface area contributed by atoms with E-state index in [0.717, 1.165) is 5.56 Å². The normalized spacial score (nSPS) is 10.7. The molecule has 0 saturated heterocycles. The van der Waals surface area contributed by atoms with E-state index in [0.29, 0.717) is 23.3 Å². The first-order valence-corrected chi connectivity index (χ1v) is 7.09. The monoisotopic (exact) mass is 309 g/mol. The Bertz CT molecular complexity index is 914. The second-order valence-electron chi connectivity index (χ2n) is 5.06. The van der Waals surface area contributed by atoms with Crippen LogP contribution in [0.15, 0.2) is 63.8 Å². The summed E-state index contributed by atoms with van der Waals surface area (Å²) in [6.45, 7) is 0.453. The van der Waals surface area contributed by atoms with Gasteiger partial charge < -0.3 is 14.5 Å². The Balaban J connectivity index is 1.89. The first kappa shape index (κ1) is 15.0. The molecule has 0 aliphatic rings. The first-order valence-electron chi connectivity index (χ1n) is 7.09. The summed E-state index contributed by atoms with van der Waals surface area (Å²) in [7, 11) is 1.61. The highest BCUT2D eigenvalue weighted by molar-refractivity contribution is 6.03. The predicted molar refractivity (Wildman–Crippen MR) is 87.6 cm³/mol. The number of methoxy groups -OCH3 is 1. The molecule has 23 heavy (non-hydrogen) atoms. The molecule has 5 heteroatoms. The van der Waals surface area contributed by atoms with Crippen molar-refractivity contribution in [3.63, 3.8) is 0 Å². The molecule has 0 spiro atoms. The molecule has 0 aliphatic heterocycles. The van der Waals surface area contributed by atoms with Gasteiger partial charge in [0, 0.05) is 18.9 Å². The van der Waals surface area contributed by atoms with E-state index in [-0.39, 0.29) is 11.2 Å². The molecule has 0 bridgehead atoms. The van der Waals surface area contributed by atoms with Crippen LogP contribution in [0.1, 0.15) is 16.1 Å². The number of benzene rings is 2. The Kier molecular flexibility index (Phi) is 4.21. The zero-order valence-electron chi connectivity index (χ0n) is 12.5. The van der Waals surface area contributed by atoms with Crippen LogP contribution in [0, 0.1) is 0 Å². The minimum absolute atomic E-state index is 0.0224. The number of rotatable bonds is 4. The van der Waals surface area contributed by atoms with Gasteiger partial charge in [-0.3, -0.25) is 9.59 Å². The molecular weight excluding hydrogens is 294 g/mol. The number of fused-ring (bicyclic) bond motifs is 1. The zero-order valence-corrected chi connectivity index (χ0v) is 12.5. The highest BCUT2D eigenvalue weighted by Crippen LogP contribution is 2.15. The van der Waals surface area contributed by atoms with Crippen LogP contribution in [0.5, 0.6) is 0 Å². The van der Waals surface area contributed by atoms with Crippen molar-refractivity contribution >= 4 is 22.6 Å². The van der Waals surface area contributed by atoms with E-state index < -0.39 is 5.91 Å². The van der Waals surface area contributed by atoms with Crippen molar-refractivity contribution in [3.8, 4) is 0 Å². The van der Waals surface area contributed by atoms with E-state index in [4.69, 9.17) is 9.15 Å². The van der Waals surface area contributed by atoms with Crippen LogP contribution < -0.4 is 10.7 Å². The molecule has 0 unspecified atom stereocenters. The second kappa shape index (κ2) is 6.46.